The number of carboxylic acids is 1. The monoisotopic (exact) mass is 352 g/mol. The van der Waals surface area contributed by atoms with Crippen LogP contribution in [0.3, 0.4) is 0 Å². The number of nitrogens with zero attached hydrogens (tertiary/aromatic N) is 1. The highest BCUT2D eigenvalue weighted by molar-refractivity contribution is 5.94. The zero-order valence-electron chi connectivity index (χ0n) is 14.6. The minimum Gasteiger partial charge on any atom is -0.481 e. The molecule has 1 amide bonds. The topological polar surface area (TPSA) is 92.4 Å². The fourth-order valence-electron chi connectivity index (χ4n) is 2.87. The van der Waals surface area contributed by atoms with E-state index in [2.05, 4.69) is 10.5 Å². The Kier molecular flexibility index (Phi) is 5.02. The van der Waals surface area contributed by atoms with Gasteiger partial charge < -0.3 is 14.9 Å². The van der Waals surface area contributed by atoms with Gasteiger partial charge in [-0.3, -0.25) is 9.59 Å². The average Bonchev–Trinajstić information content (AvgIpc) is 3.11. The summed E-state index contributed by atoms with van der Waals surface area (Å²) in [5.74, 6) is -0.738. The number of benzene rings is 2. The van der Waals surface area contributed by atoms with Gasteiger partial charge in [-0.2, -0.15) is 0 Å². The van der Waals surface area contributed by atoms with Crippen LogP contribution in [0.2, 0.25) is 0 Å². The maximum Gasteiger partial charge on any atom is 0.305 e. The Morgan fingerprint density at radius 3 is 2.58 bits per heavy atom. The minimum absolute atomic E-state index is 0.108. The predicted molar refractivity (Wildman–Crippen MR) is 97.0 cm³/mol. The number of aliphatic carboxylic acids is 1. The molecular weight excluding hydrogens is 332 g/mol. The minimum atomic E-state index is -0.994. The number of nitrogens with one attached hydrogen (secondary N) is 1. The molecule has 0 bridgehead atoms. The van der Waals surface area contributed by atoms with Gasteiger partial charge in [-0.25, -0.2) is 0 Å². The second-order valence-electron chi connectivity index (χ2n) is 6.46. The highest BCUT2D eigenvalue weighted by atomic mass is 16.5. The van der Waals surface area contributed by atoms with E-state index in [1.165, 1.54) is 0 Å². The third-order valence-electron chi connectivity index (χ3n) is 4.21. The third kappa shape index (κ3) is 3.74. The van der Waals surface area contributed by atoms with Crippen molar-refractivity contribution < 1.29 is 19.2 Å². The predicted octanol–water partition coefficient (Wildman–Crippen LogP) is 3.90. The standard InChI is InChI=1S/C20H20N2O4/c1-12(2)18-10-17(22-26-18)20(25)21-16(11-19(23)24)15-9-5-7-13-6-3-4-8-14(13)15/h3-10,12,16H,11H2,1-2H3,(H,21,25)(H,23,24)/t16-/m1/s1. The van der Waals surface area contributed by atoms with E-state index < -0.39 is 17.9 Å². The van der Waals surface area contributed by atoms with Crippen molar-refractivity contribution >= 4 is 22.6 Å². The van der Waals surface area contributed by atoms with E-state index in [4.69, 9.17) is 4.52 Å². The van der Waals surface area contributed by atoms with Crippen LogP contribution < -0.4 is 5.32 Å². The molecule has 0 spiro atoms. The highest BCUT2D eigenvalue weighted by Gasteiger charge is 2.23. The number of aromatic nitrogens is 1. The summed E-state index contributed by atoms with van der Waals surface area (Å²) in [4.78, 5) is 23.9. The van der Waals surface area contributed by atoms with Crippen molar-refractivity contribution in [3.63, 3.8) is 0 Å². The van der Waals surface area contributed by atoms with E-state index >= 15 is 0 Å². The molecule has 134 valence electrons. The van der Waals surface area contributed by atoms with Gasteiger partial charge in [0.05, 0.1) is 12.5 Å². The van der Waals surface area contributed by atoms with Gasteiger partial charge in [-0.15, -0.1) is 0 Å². The Bertz CT molecular complexity index is 940. The molecule has 0 saturated heterocycles. The Hall–Kier alpha value is -3.15. The summed E-state index contributed by atoms with van der Waals surface area (Å²) in [7, 11) is 0. The highest BCUT2D eigenvalue weighted by Crippen LogP contribution is 2.27. The molecule has 0 aliphatic carbocycles. The Morgan fingerprint density at radius 2 is 1.88 bits per heavy atom. The molecule has 1 heterocycles. The van der Waals surface area contributed by atoms with Crippen LogP contribution in [-0.2, 0) is 4.79 Å². The third-order valence-corrected chi connectivity index (χ3v) is 4.21. The lowest BCUT2D eigenvalue weighted by Gasteiger charge is -2.18. The van der Waals surface area contributed by atoms with E-state index in [1.54, 1.807) is 6.07 Å². The number of hydrogen-bond donors (Lipinski definition) is 2. The maximum atomic E-state index is 12.6. The molecule has 3 aromatic rings. The Morgan fingerprint density at radius 1 is 1.15 bits per heavy atom. The number of rotatable bonds is 6. The van der Waals surface area contributed by atoms with Gasteiger partial charge in [0.1, 0.15) is 5.76 Å². The van der Waals surface area contributed by atoms with E-state index in [9.17, 15) is 14.7 Å². The summed E-state index contributed by atoms with van der Waals surface area (Å²) in [6.07, 6.45) is -0.228. The summed E-state index contributed by atoms with van der Waals surface area (Å²) in [6.45, 7) is 3.87. The number of amides is 1. The summed E-state index contributed by atoms with van der Waals surface area (Å²) in [5, 5.41) is 17.8. The number of carbonyl (C=O) groups excluding carboxylic acids is 1. The zero-order valence-corrected chi connectivity index (χ0v) is 14.6. The van der Waals surface area contributed by atoms with Gasteiger partial charge in [0, 0.05) is 12.0 Å². The number of carboxylic acid groups (broad SMARTS) is 1. The van der Waals surface area contributed by atoms with E-state index in [-0.39, 0.29) is 18.0 Å². The molecule has 0 aliphatic rings. The largest absolute Gasteiger partial charge is 0.481 e. The normalized spacial score (nSPS) is 12.3. The zero-order chi connectivity index (χ0) is 18.7. The maximum absolute atomic E-state index is 12.6. The average molecular weight is 352 g/mol. The van der Waals surface area contributed by atoms with Crippen molar-refractivity contribution in [3.8, 4) is 0 Å². The van der Waals surface area contributed by atoms with Crippen LogP contribution in [-0.4, -0.2) is 22.1 Å². The van der Waals surface area contributed by atoms with Crippen LogP contribution in [0.25, 0.3) is 10.8 Å². The second kappa shape index (κ2) is 7.39. The van der Waals surface area contributed by atoms with E-state index in [1.807, 2.05) is 56.3 Å². The molecule has 2 N–H and O–H groups in total. The van der Waals surface area contributed by atoms with Gasteiger partial charge in [0.15, 0.2) is 5.69 Å². The van der Waals surface area contributed by atoms with Crippen LogP contribution in [0.1, 0.15) is 54.0 Å². The summed E-state index contributed by atoms with van der Waals surface area (Å²) in [5.41, 5.74) is 0.899. The molecular formula is C20H20N2O4. The first-order valence-corrected chi connectivity index (χ1v) is 8.42. The van der Waals surface area contributed by atoms with Gasteiger partial charge >= 0.3 is 5.97 Å². The molecule has 6 heteroatoms. The summed E-state index contributed by atoms with van der Waals surface area (Å²) in [6, 6.07) is 14.2. The first-order chi connectivity index (χ1) is 12.5. The van der Waals surface area contributed by atoms with Gasteiger partial charge in [0.25, 0.3) is 5.91 Å². The van der Waals surface area contributed by atoms with Crippen LogP contribution in [0.15, 0.2) is 53.1 Å². The van der Waals surface area contributed by atoms with E-state index in [0.29, 0.717) is 5.76 Å². The first-order valence-electron chi connectivity index (χ1n) is 8.42. The molecule has 0 saturated carbocycles. The molecule has 1 aromatic heterocycles. The number of fused-ring (bicyclic) bond motifs is 1. The van der Waals surface area contributed by atoms with E-state index in [0.717, 1.165) is 16.3 Å². The molecule has 2 aromatic carbocycles. The Balaban J connectivity index is 1.92. The van der Waals surface area contributed by atoms with Crippen LogP contribution in [0, 0.1) is 0 Å². The molecule has 0 fully saturated rings. The Labute approximate surface area is 150 Å². The smallest absolute Gasteiger partial charge is 0.305 e. The summed E-state index contributed by atoms with van der Waals surface area (Å²) >= 11 is 0. The van der Waals surface area contributed by atoms with Crippen LogP contribution in [0.4, 0.5) is 0 Å². The molecule has 26 heavy (non-hydrogen) atoms. The van der Waals surface area contributed by atoms with Crippen molar-refractivity contribution in [2.45, 2.75) is 32.2 Å². The lowest BCUT2D eigenvalue weighted by Crippen LogP contribution is -2.30. The van der Waals surface area contributed by atoms with Crippen molar-refractivity contribution in [3.05, 3.63) is 65.5 Å². The van der Waals surface area contributed by atoms with Crippen LogP contribution in [0.5, 0.6) is 0 Å². The van der Waals surface area contributed by atoms with Gasteiger partial charge in [0.2, 0.25) is 0 Å². The quantitative estimate of drug-likeness (QED) is 0.702. The van der Waals surface area contributed by atoms with Crippen molar-refractivity contribution in [1.82, 2.24) is 10.5 Å². The van der Waals surface area contributed by atoms with Gasteiger partial charge in [-0.05, 0) is 16.3 Å². The molecule has 0 unspecified atom stereocenters. The molecule has 3 rings (SSSR count). The first kappa shape index (κ1) is 17.7. The summed E-state index contributed by atoms with van der Waals surface area (Å²) < 4.78 is 5.16. The fourth-order valence-corrected chi connectivity index (χ4v) is 2.87. The lowest BCUT2D eigenvalue weighted by molar-refractivity contribution is -0.137. The number of carbonyl (C=O) groups is 2. The lowest BCUT2D eigenvalue weighted by atomic mass is 9.96. The van der Waals surface area contributed by atoms with Crippen LogP contribution >= 0.6 is 0 Å². The SMILES string of the molecule is CC(C)c1cc(C(=O)N[C@H](CC(=O)O)c2cccc3ccccc23)no1. The molecule has 6 nitrogen and oxygen atoms in total. The van der Waals surface area contributed by atoms with Crippen molar-refractivity contribution in [1.29, 1.82) is 0 Å². The van der Waals surface area contributed by atoms with Gasteiger partial charge in [-0.1, -0.05) is 61.5 Å². The second-order valence-corrected chi connectivity index (χ2v) is 6.46. The molecule has 1 atom stereocenters. The van der Waals surface area contributed by atoms with Crippen molar-refractivity contribution in [2.75, 3.05) is 0 Å². The fraction of sp³-hybridized carbons (Fsp3) is 0.250. The van der Waals surface area contributed by atoms with Crippen molar-refractivity contribution in [2.24, 2.45) is 0 Å². The number of hydrogen-bond acceptors (Lipinski definition) is 4. The molecule has 0 aliphatic heterocycles. The molecule has 0 radical (unpaired) electrons.